The Morgan fingerprint density at radius 2 is 2.12 bits per heavy atom. The van der Waals surface area contributed by atoms with Gasteiger partial charge in [0.15, 0.2) is 5.65 Å². The molecule has 1 N–H and O–H groups in total. The zero-order valence-electron chi connectivity index (χ0n) is 10.7. The van der Waals surface area contributed by atoms with Crippen LogP contribution in [0.1, 0.15) is 37.4 Å². The molecule has 0 unspecified atom stereocenters. The maximum absolute atomic E-state index is 11.8. The van der Waals surface area contributed by atoms with E-state index >= 15 is 0 Å². The van der Waals surface area contributed by atoms with Gasteiger partial charge >= 0.3 is 5.69 Å². The van der Waals surface area contributed by atoms with Gasteiger partial charge in [-0.3, -0.25) is 9.55 Å². The zero-order valence-corrected chi connectivity index (χ0v) is 10.7. The Balaban J connectivity index is 2.44. The first-order chi connectivity index (χ1) is 8.13. The molecule has 92 valence electrons. The summed E-state index contributed by atoms with van der Waals surface area (Å²) >= 11 is 0. The molecule has 0 aliphatic rings. The highest BCUT2D eigenvalue weighted by Gasteiger charge is 2.08. The van der Waals surface area contributed by atoms with E-state index in [0.717, 1.165) is 42.6 Å². The van der Waals surface area contributed by atoms with E-state index in [1.807, 2.05) is 19.9 Å². The van der Waals surface area contributed by atoms with Crippen molar-refractivity contribution in [3.05, 3.63) is 27.8 Å². The van der Waals surface area contributed by atoms with Crippen LogP contribution in [0.2, 0.25) is 0 Å². The highest BCUT2D eigenvalue weighted by Crippen LogP contribution is 2.13. The minimum atomic E-state index is -0.0476. The maximum Gasteiger partial charge on any atom is 0.327 e. The van der Waals surface area contributed by atoms with Crippen LogP contribution in [0.3, 0.4) is 0 Å². The van der Waals surface area contributed by atoms with Crippen LogP contribution in [-0.4, -0.2) is 14.5 Å². The fourth-order valence-electron chi connectivity index (χ4n) is 2.01. The first kappa shape index (κ1) is 11.9. The molecule has 2 aromatic rings. The van der Waals surface area contributed by atoms with Crippen LogP contribution >= 0.6 is 0 Å². The van der Waals surface area contributed by atoms with Gasteiger partial charge < -0.3 is 0 Å². The Morgan fingerprint density at radius 3 is 2.82 bits per heavy atom. The van der Waals surface area contributed by atoms with Gasteiger partial charge in [0.05, 0.1) is 5.52 Å². The lowest BCUT2D eigenvalue weighted by Gasteiger charge is -2.04. The van der Waals surface area contributed by atoms with Crippen molar-refractivity contribution in [1.82, 2.24) is 14.5 Å². The molecular weight excluding hydrogens is 214 g/mol. The number of aromatic nitrogens is 3. The summed E-state index contributed by atoms with van der Waals surface area (Å²) in [7, 11) is 0. The minimum absolute atomic E-state index is 0.0476. The van der Waals surface area contributed by atoms with Gasteiger partial charge in [0.25, 0.3) is 0 Å². The number of nitrogens with zero attached hydrogens (tertiary/aromatic N) is 2. The monoisotopic (exact) mass is 233 g/mol. The van der Waals surface area contributed by atoms with Crippen molar-refractivity contribution in [2.24, 2.45) is 0 Å². The number of aromatic amines is 1. The molecule has 4 heteroatoms. The SMILES string of the molecule is CCCCCn1c(=O)[nH]c2nc(C)c(C)cc21. The van der Waals surface area contributed by atoms with Gasteiger partial charge in [0.1, 0.15) is 0 Å². The molecule has 0 spiro atoms. The topological polar surface area (TPSA) is 50.7 Å². The lowest BCUT2D eigenvalue weighted by Crippen LogP contribution is -2.16. The van der Waals surface area contributed by atoms with Crippen LogP contribution < -0.4 is 5.69 Å². The van der Waals surface area contributed by atoms with Crippen molar-refractivity contribution in [1.29, 1.82) is 0 Å². The van der Waals surface area contributed by atoms with Gasteiger partial charge in [-0.15, -0.1) is 0 Å². The number of unbranched alkanes of at least 4 members (excludes halogenated alkanes) is 2. The molecule has 0 bridgehead atoms. The number of hydrogen-bond acceptors (Lipinski definition) is 2. The molecule has 17 heavy (non-hydrogen) atoms. The summed E-state index contributed by atoms with van der Waals surface area (Å²) in [5.41, 5.74) is 3.68. The summed E-state index contributed by atoms with van der Waals surface area (Å²) in [4.78, 5) is 19.0. The molecule has 0 saturated carbocycles. The van der Waals surface area contributed by atoms with Crippen LogP contribution in [0.15, 0.2) is 10.9 Å². The summed E-state index contributed by atoms with van der Waals surface area (Å²) in [6.45, 7) is 6.92. The maximum atomic E-state index is 11.8. The zero-order chi connectivity index (χ0) is 12.4. The number of H-pyrrole nitrogens is 1. The molecule has 0 saturated heterocycles. The Labute approximate surface area is 101 Å². The van der Waals surface area contributed by atoms with E-state index in [1.165, 1.54) is 0 Å². The van der Waals surface area contributed by atoms with Crippen molar-refractivity contribution in [3.8, 4) is 0 Å². The molecule has 4 nitrogen and oxygen atoms in total. The second kappa shape index (κ2) is 4.73. The van der Waals surface area contributed by atoms with Crippen molar-refractivity contribution in [2.45, 2.75) is 46.6 Å². The highest BCUT2D eigenvalue weighted by molar-refractivity contribution is 5.72. The normalized spacial score (nSPS) is 11.2. The van der Waals surface area contributed by atoms with Gasteiger partial charge in [-0.1, -0.05) is 19.8 Å². The van der Waals surface area contributed by atoms with Gasteiger partial charge in [-0.05, 0) is 31.9 Å². The molecule has 2 aromatic heterocycles. The summed E-state index contributed by atoms with van der Waals surface area (Å²) in [5, 5.41) is 0. The van der Waals surface area contributed by atoms with Crippen LogP contribution in [0.4, 0.5) is 0 Å². The lowest BCUT2D eigenvalue weighted by molar-refractivity contribution is 0.600. The van der Waals surface area contributed by atoms with E-state index < -0.39 is 0 Å². The van der Waals surface area contributed by atoms with Gasteiger partial charge in [-0.2, -0.15) is 0 Å². The first-order valence-corrected chi connectivity index (χ1v) is 6.20. The molecule has 0 fully saturated rings. The highest BCUT2D eigenvalue weighted by atomic mass is 16.1. The number of rotatable bonds is 4. The summed E-state index contributed by atoms with van der Waals surface area (Å²) in [6.07, 6.45) is 3.35. The second-order valence-electron chi connectivity index (χ2n) is 4.55. The number of pyridine rings is 1. The van der Waals surface area contributed by atoms with E-state index in [9.17, 15) is 4.79 Å². The predicted octanol–water partition coefficient (Wildman–Crippen LogP) is 2.53. The largest absolute Gasteiger partial charge is 0.327 e. The van der Waals surface area contributed by atoms with Gasteiger partial charge in [0, 0.05) is 12.2 Å². The standard InChI is InChI=1S/C13H19N3O/c1-4-5-6-7-16-11-8-9(2)10(3)14-12(11)15-13(16)17/h8H,4-7H2,1-3H3,(H,14,15,17). The van der Waals surface area contributed by atoms with Gasteiger partial charge in [-0.25, -0.2) is 9.78 Å². The molecule has 2 rings (SSSR count). The quantitative estimate of drug-likeness (QED) is 0.825. The summed E-state index contributed by atoms with van der Waals surface area (Å²) < 4.78 is 1.80. The van der Waals surface area contributed by atoms with Crippen LogP contribution in [0.5, 0.6) is 0 Å². The number of nitrogens with one attached hydrogen (secondary N) is 1. The Hall–Kier alpha value is -1.58. The molecule has 2 heterocycles. The second-order valence-corrected chi connectivity index (χ2v) is 4.55. The van der Waals surface area contributed by atoms with E-state index in [-0.39, 0.29) is 5.69 Å². The lowest BCUT2D eigenvalue weighted by atomic mass is 10.2. The fourth-order valence-corrected chi connectivity index (χ4v) is 2.01. The third-order valence-electron chi connectivity index (χ3n) is 3.19. The number of aryl methyl sites for hydroxylation is 3. The Kier molecular flexibility index (Phi) is 3.31. The van der Waals surface area contributed by atoms with E-state index in [4.69, 9.17) is 0 Å². The van der Waals surface area contributed by atoms with E-state index in [2.05, 4.69) is 16.9 Å². The molecule has 0 atom stereocenters. The smallest absolute Gasteiger partial charge is 0.290 e. The molecule has 0 radical (unpaired) electrons. The molecule has 0 aromatic carbocycles. The van der Waals surface area contributed by atoms with Crippen LogP contribution in [0.25, 0.3) is 11.2 Å². The average molecular weight is 233 g/mol. The fraction of sp³-hybridized carbons (Fsp3) is 0.538. The third kappa shape index (κ3) is 2.25. The van der Waals surface area contributed by atoms with E-state index in [0.29, 0.717) is 5.65 Å². The molecular formula is C13H19N3O. The number of hydrogen-bond donors (Lipinski definition) is 1. The summed E-state index contributed by atoms with van der Waals surface area (Å²) in [5.74, 6) is 0. The van der Waals surface area contributed by atoms with Crippen molar-refractivity contribution < 1.29 is 0 Å². The Bertz CT molecular complexity index is 580. The minimum Gasteiger partial charge on any atom is -0.290 e. The van der Waals surface area contributed by atoms with Crippen molar-refractivity contribution in [2.75, 3.05) is 0 Å². The van der Waals surface area contributed by atoms with Crippen LogP contribution in [-0.2, 0) is 6.54 Å². The van der Waals surface area contributed by atoms with Crippen molar-refractivity contribution in [3.63, 3.8) is 0 Å². The van der Waals surface area contributed by atoms with Crippen molar-refractivity contribution >= 4 is 11.2 Å². The van der Waals surface area contributed by atoms with Crippen LogP contribution in [0, 0.1) is 13.8 Å². The predicted molar refractivity (Wildman–Crippen MR) is 69.4 cm³/mol. The molecule has 0 amide bonds. The third-order valence-corrected chi connectivity index (χ3v) is 3.19. The Morgan fingerprint density at radius 1 is 1.35 bits per heavy atom. The molecule has 0 aliphatic carbocycles. The number of fused-ring (bicyclic) bond motifs is 1. The van der Waals surface area contributed by atoms with Gasteiger partial charge in [0.2, 0.25) is 0 Å². The summed E-state index contributed by atoms with van der Waals surface area (Å²) in [6, 6.07) is 2.04. The number of imidazole rings is 1. The average Bonchev–Trinajstić information content (AvgIpc) is 2.57. The first-order valence-electron chi connectivity index (χ1n) is 6.20. The molecule has 0 aliphatic heterocycles. The van der Waals surface area contributed by atoms with E-state index in [1.54, 1.807) is 4.57 Å².